The highest BCUT2D eigenvalue weighted by molar-refractivity contribution is 5.45. The van der Waals surface area contributed by atoms with Crippen molar-refractivity contribution in [1.82, 2.24) is 10.2 Å². The van der Waals surface area contributed by atoms with E-state index < -0.39 is 0 Å². The summed E-state index contributed by atoms with van der Waals surface area (Å²) in [6.45, 7) is 12.4. The van der Waals surface area contributed by atoms with Crippen molar-refractivity contribution < 1.29 is 4.74 Å². The molecule has 3 heterocycles. The predicted molar refractivity (Wildman–Crippen MR) is 103 cm³/mol. The van der Waals surface area contributed by atoms with Gasteiger partial charge in [0.05, 0.1) is 0 Å². The average molecular weight is 343 g/mol. The Bertz CT molecular complexity index is 607. The first-order valence-corrected chi connectivity index (χ1v) is 10.2. The summed E-state index contributed by atoms with van der Waals surface area (Å²) in [5.74, 6) is 0. The molecule has 4 rings (SSSR count). The third-order valence-electron chi connectivity index (χ3n) is 6.41. The monoisotopic (exact) mass is 342 g/mol. The molecule has 1 aromatic rings. The van der Waals surface area contributed by atoms with Crippen molar-refractivity contribution >= 4 is 0 Å². The molecule has 1 aromatic carbocycles. The lowest BCUT2D eigenvalue weighted by Gasteiger charge is -2.39. The molecule has 2 saturated heterocycles. The fourth-order valence-corrected chi connectivity index (χ4v) is 4.81. The van der Waals surface area contributed by atoms with Crippen LogP contribution in [0.1, 0.15) is 74.8 Å². The van der Waals surface area contributed by atoms with Crippen molar-refractivity contribution in [3.63, 3.8) is 0 Å². The number of rotatable bonds is 2. The Morgan fingerprint density at radius 2 is 1.92 bits per heavy atom. The van der Waals surface area contributed by atoms with Gasteiger partial charge in [-0.15, -0.1) is 0 Å². The molecular weight excluding hydrogens is 308 g/mol. The summed E-state index contributed by atoms with van der Waals surface area (Å²) < 4.78 is 5.58. The SMILES string of the molecule is CC(C)(C)c1cc2c(c([C@@H]3CCCN3)c1)CCN(C1CCOCC1)C2. The second kappa shape index (κ2) is 7.02. The van der Waals surface area contributed by atoms with Crippen LogP contribution in [-0.4, -0.2) is 37.2 Å². The molecule has 3 aliphatic rings. The lowest BCUT2D eigenvalue weighted by atomic mass is 9.80. The molecule has 1 atom stereocenters. The summed E-state index contributed by atoms with van der Waals surface area (Å²) in [5, 5.41) is 3.75. The Morgan fingerprint density at radius 1 is 1.12 bits per heavy atom. The van der Waals surface area contributed by atoms with Crippen LogP contribution in [0.4, 0.5) is 0 Å². The molecule has 0 amide bonds. The van der Waals surface area contributed by atoms with E-state index in [0.29, 0.717) is 12.1 Å². The Hall–Kier alpha value is -0.900. The summed E-state index contributed by atoms with van der Waals surface area (Å²) in [7, 11) is 0. The zero-order valence-corrected chi connectivity index (χ0v) is 16.2. The minimum atomic E-state index is 0.212. The number of nitrogens with zero attached hydrogens (tertiary/aromatic N) is 1. The Kier molecular flexibility index (Phi) is 4.91. The minimum Gasteiger partial charge on any atom is -0.381 e. The summed E-state index contributed by atoms with van der Waals surface area (Å²) in [6.07, 6.45) is 6.22. The molecule has 2 fully saturated rings. The molecule has 138 valence electrons. The van der Waals surface area contributed by atoms with Crippen LogP contribution < -0.4 is 5.32 Å². The Labute approximate surface area is 153 Å². The summed E-state index contributed by atoms with van der Waals surface area (Å²) in [5.41, 5.74) is 6.56. The standard InChI is InChI=1S/C22H34N2O/c1-22(2,3)17-13-16-15-24(18-7-11-25-12-8-18)10-6-19(16)20(14-17)21-5-4-9-23-21/h13-14,18,21,23H,4-12,15H2,1-3H3/t21-/m0/s1. The topological polar surface area (TPSA) is 24.5 Å². The zero-order chi connectivity index (χ0) is 17.4. The molecule has 3 aliphatic heterocycles. The number of hydrogen-bond acceptors (Lipinski definition) is 3. The Morgan fingerprint density at radius 3 is 2.60 bits per heavy atom. The molecule has 1 N–H and O–H groups in total. The van der Waals surface area contributed by atoms with Crippen molar-refractivity contribution in [3.8, 4) is 0 Å². The van der Waals surface area contributed by atoms with Gasteiger partial charge in [-0.05, 0) is 66.3 Å². The molecule has 3 nitrogen and oxygen atoms in total. The van der Waals surface area contributed by atoms with Crippen LogP contribution in [0.25, 0.3) is 0 Å². The van der Waals surface area contributed by atoms with E-state index in [1.807, 2.05) is 0 Å². The second-order valence-corrected chi connectivity index (χ2v) is 9.17. The average Bonchev–Trinajstić information content (AvgIpc) is 3.14. The minimum absolute atomic E-state index is 0.212. The van der Waals surface area contributed by atoms with E-state index in [1.54, 1.807) is 16.7 Å². The highest BCUT2D eigenvalue weighted by Gasteiger charge is 2.30. The summed E-state index contributed by atoms with van der Waals surface area (Å²) in [4.78, 5) is 2.73. The van der Waals surface area contributed by atoms with E-state index >= 15 is 0 Å². The van der Waals surface area contributed by atoms with Crippen LogP contribution in [0.2, 0.25) is 0 Å². The van der Waals surface area contributed by atoms with Crippen molar-refractivity contribution in [3.05, 3.63) is 34.4 Å². The number of nitrogens with one attached hydrogen (secondary N) is 1. The largest absolute Gasteiger partial charge is 0.381 e. The van der Waals surface area contributed by atoms with E-state index in [2.05, 4.69) is 43.1 Å². The molecule has 25 heavy (non-hydrogen) atoms. The molecule has 0 bridgehead atoms. The number of ether oxygens (including phenoxy) is 1. The molecule has 0 unspecified atom stereocenters. The van der Waals surface area contributed by atoms with Crippen LogP contribution in [0.5, 0.6) is 0 Å². The maximum Gasteiger partial charge on any atom is 0.0480 e. The third kappa shape index (κ3) is 3.65. The van der Waals surface area contributed by atoms with Crippen LogP contribution in [0.3, 0.4) is 0 Å². The van der Waals surface area contributed by atoms with Gasteiger partial charge in [0.15, 0.2) is 0 Å². The van der Waals surface area contributed by atoms with Gasteiger partial charge in [0.1, 0.15) is 0 Å². The number of hydrogen-bond donors (Lipinski definition) is 1. The van der Waals surface area contributed by atoms with Gasteiger partial charge in [-0.1, -0.05) is 32.9 Å². The van der Waals surface area contributed by atoms with Gasteiger partial charge in [0, 0.05) is 38.4 Å². The lowest BCUT2D eigenvalue weighted by molar-refractivity contribution is 0.0289. The molecule has 0 aliphatic carbocycles. The first-order valence-electron chi connectivity index (χ1n) is 10.2. The maximum absolute atomic E-state index is 5.58. The fourth-order valence-electron chi connectivity index (χ4n) is 4.81. The van der Waals surface area contributed by atoms with Gasteiger partial charge in [0.25, 0.3) is 0 Å². The van der Waals surface area contributed by atoms with Crippen molar-refractivity contribution in [2.24, 2.45) is 0 Å². The molecule has 0 spiro atoms. The van der Waals surface area contributed by atoms with Crippen molar-refractivity contribution in [1.29, 1.82) is 0 Å². The fraction of sp³-hybridized carbons (Fsp3) is 0.727. The van der Waals surface area contributed by atoms with Crippen molar-refractivity contribution in [2.75, 3.05) is 26.3 Å². The molecule has 0 saturated carbocycles. The van der Waals surface area contributed by atoms with Crippen LogP contribution >= 0.6 is 0 Å². The first-order chi connectivity index (χ1) is 12.0. The number of benzene rings is 1. The van der Waals surface area contributed by atoms with E-state index in [0.717, 1.165) is 19.8 Å². The normalized spacial score (nSPS) is 26.0. The highest BCUT2D eigenvalue weighted by atomic mass is 16.5. The third-order valence-corrected chi connectivity index (χ3v) is 6.41. The maximum atomic E-state index is 5.58. The van der Waals surface area contributed by atoms with Crippen LogP contribution in [0.15, 0.2) is 12.1 Å². The zero-order valence-electron chi connectivity index (χ0n) is 16.2. The van der Waals surface area contributed by atoms with E-state index in [9.17, 15) is 0 Å². The van der Waals surface area contributed by atoms with Gasteiger partial charge in [-0.25, -0.2) is 0 Å². The van der Waals surface area contributed by atoms with Crippen LogP contribution in [0, 0.1) is 0 Å². The molecule has 0 radical (unpaired) electrons. The smallest absolute Gasteiger partial charge is 0.0480 e. The quantitative estimate of drug-likeness (QED) is 0.881. The number of fused-ring (bicyclic) bond motifs is 1. The van der Waals surface area contributed by atoms with E-state index in [1.165, 1.54) is 50.8 Å². The summed E-state index contributed by atoms with van der Waals surface area (Å²) >= 11 is 0. The second-order valence-electron chi connectivity index (χ2n) is 9.17. The van der Waals surface area contributed by atoms with Crippen molar-refractivity contribution in [2.45, 2.75) is 76.9 Å². The molecule has 3 heteroatoms. The molecular formula is C22H34N2O. The first kappa shape index (κ1) is 17.5. The van der Waals surface area contributed by atoms with Gasteiger partial charge < -0.3 is 10.1 Å². The van der Waals surface area contributed by atoms with E-state index in [4.69, 9.17) is 4.74 Å². The van der Waals surface area contributed by atoms with Gasteiger partial charge in [-0.3, -0.25) is 4.90 Å². The van der Waals surface area contributed by atoms with Gasteiger partial charge in [-0.2, -0.15) is 0 Å². The lowest BCUT2D eigenvalue weighted by Crippen LogP contribution is -2.42. The summed E-state index contributed by atoms with van der Waals surface area (Å²) in [6, 6.07) is 6.32. The van der Waals surface area contributed by atoms with Crippen LogP contribution in [-0.2, 0) is 23.1 Å². The highest BCUT2D eigenvalue weighted by Crippen LogP contribution is 2.36. The predicted octanol–water partition coefficient (Wildman–Crippen LogP) is 3.95. The van der Waals surface area contributed by atoms with Gasteiger partial charge >= 0.3 is 0 Å². The Balaban J connectivity index is 1.66. The molecule has 0 aromatic heterocycles. The van der Waals surface area contributed by atoms with Gasteiger partial charge in [0.2, 0.25) is 0 Å². The van der Waals surface area contributed by atoms with E-state index in [-0.39, 0.29) is 5.41 Å².